The maximum atomic E-state index is 5.25. The normalized spacial score (nSPS) is 11.6. The van der Waals surface area contributed by atoms with Crippen LogP contribution < -0.4 is 0 Å². The molecule has 10 rings (SSSR count). The predicted molar refractivity (Wildman–Crippen MR) is 205 cm³/mol. The van der Waals surface area contributed by atoms with Crippen LogP contribution >= 0.6 is 0 Å². The summed E-state index contributed by atoms with van der Waals surface area (Å²) in [6, 6.07) is 61.4. The first-order valence-corrected chi connectivity index (χ1v) is 16.8. The van der Waals surface area contributed by atoms with Crippen LogP contribution in [0.25, 0.3) is 89.2 Å². The summed E-state index contributed by atoms with van der Waals surface area (Å²) in [5.41, 5.74) is 9.64. The molecule has 5 heteroatoms. The zero-order valence-electron chi connectivity index (χ0n) is 27.0. The molecule has 0 fully saturated rings. The van der Waals surface area contributed by atoms with Gasteiger partial charge in [-0.15, -0.1) is 0 Å². The Morgan fingerprint density at radius 3 is 1.52 bits per heavy atom. The van der Waals surface area contributed by atoms with Crippen LogP contribution in [0.5, 0.6) is 0 Å². The Hall–Kier alpha value is -6.85. The van der Waals surface area contributed by atoms with Gasteiger partial charge in [0, 0.05) is 38.4 Å². The van der Waals surface area contributed by atoms with Gasteiger partial charge in [-0.05, 0) is 47.5 Å². The smallest absolute Gasteiger partial charge is 0.238 e. The fourth-order valence-corrected chi connectivity index (χ4v) is 7.39. The molecule has 0 amide bonds. The molecular formula is C45H29N5. The van der Waals surface area contributed by atoms with Crippen molar-refractivity contribution in [3.05, 3.63) is 176 Å². The summed E-state index contributed by atoms with van der Waals surface area (Å²) in [5.74, 6) is 1.81. The van der Waals surface area contributed by atoms with Crippen molar-refractivity contribution in [2.45, 2.75) is 0 Å². The van der Waals surface area contributed by atoms with E-state index in [-0.39, 0.29) is 0 Å². The molecule has 10 aromatic rings. The Morgan fingerprint density at radius 1 is 0.340 bits per heavy atom. The highest BCUT2D eigenvalue weighted by atomic mass is 15.2. The van der Waals surface area contributed by atoms with Gasteiger partial charge in [-0.25, -0.2) is 4.98 Å². The number of nitrogens with zero attached hydrogens (tertiary/aromatic N) is 5. The average molecular weight is 640 g/mol. The third kappa shape index (κ3) is 4.45. The fraction of sp³-hybridized carbons (Fsp3) is 0. The third-order valence-corrected chi connectivity index (χ3v) is 9.58. The minimum Gasteiger partial charge on any atom is -0.309 e. The summed E-state index contributed by atoms with van der Waals surface area (Å²) in [4.78, 5) is 15.5. The van der Waals surface area contributed by atoms with Crippen molar-refractivity contribution in [2.75, 3.05) is 0 Å². The summed E-state index contributed by atoms with van der Waals surface area (Å²) in [6.45, 7) is 0. The lowest BCUT2D eigenvalue weighted by Gasteiger charge is -2.13. The minimum absolute atomic E-state index is 0.576. The molecule has 234 valence electrons. The lowest BCUT2D eigenvalue weighted by molar-refractivity contribution is 0.953. The van der Waals surface area contributed by atoms with E-state index in [1.54, 1.807) is 0 Å². The zero-order valence-corrected chi connectivity index (χ0v) is 27.0. The summed E-state index contributed by atoms with van der Waals surface area (Å²) >= 11 is 0. The molecule has 50 heavy (non-hydrogen) atoms. The van der Waals surface area contributed by atoms with Gasteiger partial charge in [0.2, 0.25) is 5.95 Å². The maximum Gasteiger partial charge on any atom is 0.238 e. The quantitative estimate of drug-likeness (QED) is 0.188. The molecular weight excluding hydrogens is 611 g/mol. The van der Waals surface area contributed by atoms with E-state index in [0.29, 0.717) is 17.6 Å². The molecule has 0 saturated heterocycles. The molecule has 0 N–H and O–H groups in total. The van der Waals surface area contributed by atoms with E-state index in [2.05, 4.69) is 167 Å². The van der Waals surface area contributed by atoms with E-state index in [0.717, 1.165) is 44.3 Å². The minimum atomic E-state index is 0.576. The van der Waals surface area contributed by atoms with Gasteiger partial charge in [-0.1, -0.05) is 140 Å². The van der Waals surface area contributed by atoms with Crippen molar-refractivity contribution >= 4 is 43.6 Å². The lowest BCUT2D eigenvalue weighted by atomic mass is 9.99. The molecule has 0 bridgehead atoms. The molecule has 0 aliphatic heterocycles. The Kier molecular flexibility index (Phi) is 6.42. The number of benzene rings is 7. The molecule has 0 aliphatic carbocycles. The van der Waals surface area contributed by atoms with Crippen LogP contribution in [0.15, 0.2) is 176 Å². The number of para-hydroxylation sites is 3. The monoisotopic (exact) mass is 639 g/mol. The van der Waals surface area contributed by atoms with Crippen LogP contribution in [-0.4, -0.2) is 24.1 Å². The standard InChI is InChI=1S/C45H29N5/c1-3-15-30(16-4-1)34-24-14-28-41-42(34)37-23-9-12-27-40(37)50(41)45-47-43(31-17-5-2-6-18-31)46-44(48-45)32-19-13-20-33(29-32)49-38-25-10-7-21-35(38)36-22-8-11-26-39(36)49/h1-29H. The first-order chi connectivity index (χ1) is 24.8. The molecule has 7 aromatic carbocycles. The van der Waals surface area contributed by atoms with Gasteiger partial charge in [0.1, 0.15) is 0 Å². The van der Waals surface area contributed by atoms with E-state index < -0.39 is 0 Å². The largest absolute Gasteiger partial charge is 0.309 e. The Balaban J connectivity index is 1.23. The lowest BCUT2D eigenvalue weighted by Crippen LogP contribution is -2.06. The summed E-state index contributed by atoms with van der Waals surface area (Å²) in [6.07, 6.45) is 0. The average Bonchev–Trinajstić information content (AvgIpc) is 3.72. The number of rotatable bonds is 5. The molecule has 0 atom stereocenters. The highest BCUT2D eigenvalue weighted by molar-refractivity contribution is 6.15. The second-order valence-electron chi connectivity index (χ2n) is 12.5. The summed E-state index contributed by atoms with van der Waals surface area (Å²) in [5, 5.41) is 4.77. The van der Waals surface area contributed by atoms with Crippen LogP contribution in [0, 0.1) is 0 Å². The Labute approximate surface area is 288 Å². The molecule has 0 radical (unpaired) electrons. The summed E-state index contributed by atoms with van der Waals surface area (Å²) in [7, 11) is 0. The van der Waals surface area contributed by atoms with Gasteiger partial charge >= 0.3 is 0 Å². The van der Waals surface area contributed by atoms with E-state index in [9.17, 15) is 0 Å². The Bertz CT molecular complexity index is 2810. The van der Waals surface area contributed by atoms with Gasteiger partial charge in [-0.2, -0.15) is 9.97 Å². The summed E-state index contributed by atoms with van der Waals surface area (Å²) < 4.78 is 4.51. The molecule has 0 saturated carbocycles. The SMILES string of the molecule is c1ccc(-c2nc(-c3cccc(-n4c5ccccc5c5ccccc54)c3)nc(-n3c4ccccc4c4c(-c5ccccc5)cccc43)n2)cc1. The molecule has 5 nitrogen and oxygen atoms in total. The molecule has 3 heterocycles. The zero-order chi connectivity index (χ0) is 33.0. The third-order valence-electron chi connectivity index (χ3n) is 9.58. The fourth-order valence-electron chi connectivity index (χ4n) is 7.39. The van der Waals surface area contributed by atoms with Crippen molar-refractivity contribution in [2.24, 2.45) is 0 Å². The molecule has 0 spiro atoms. The Morgan fingerprint density at radius 2 is 0.840 bits per heavy atom. The maximum absolute atomic E-state index is 5.25. The molecule has 0 aliphatic rings. The van der Waals surface area contributed by atoms with Crippen LogP contribution in [0.4, 0.5) is 0 Å². The van der Waals surface area contributed by atoms with E-state index in [1.165, 1.54) is 27.3 Å². The van der Waals surface area contributed by atoms with Crippen molar-refractivity contribution in [1.82, 2.24) is 24.1 Å². The van der Waals surface area contributed by atoms with E-state index in [1.807, 2.05) is 18.2 Å². The van der Waals surface area contributed by atoms with Gasteiger partial charge in [0.05, 0.1) is 22.1 Å². The highest BCUT2D eigenvalue weighted by Gasteiger charge is 2.20. The number of hydrogen-bond acceptors (Lipinski definition) is 3. The number of aromatic nitrogens is 5. The van der Waals surface area contributed by atoms with Crippen LogP contribution in [0.3, 0.4) is 0 Å². The predicted octanol–water partition coefficient (Wildman–Crippen LogP) is 11.1. The topological polar surface area (TPSA) is 48.5 Å². The van der Waals surface area contributed by atoms with Crippen LogP contribution in [0.1, 0.15) is 0 Å². The molecule has 3 aromatic heterocycles. The van der Waals surface area contributed by atoms with E-state index >= 15 is 0 Å². The van der Waals surface area contributed by atoms with Crippen LogP contribution in [-0.2, 0) is 0 Å². The number of fused-ring (bicyclic) bond motifs is 6. The molecule has 0 unspecified atom stereocenters. The van der Waals surface area contributed by atoms with Crippen LogP contribution in [0.2, 0.25) is 0 Å². The van der Waals surface area contributed by atoms with Crippen molar-refractivity contribution < 1.29 is 0 Å². The van der Waals surface area contributed by atoms with Crippen molar-refractivity contribution in [1.29, 1.82) is 0 Å². The van der Waals surface area contributed by atoms with Gasteiger partial charge < -0.3 is 4.57 Å². The first-order valence-electron chi connectivity index (χ1n) is 16.8. The van der Waals surface area contributed by atoms with Crippen molar-refractivity contribution in [3.8, 4) is 45.5 Å². The van der Waals surface area contributed by atoms with Crippen molar-refractivity contribution in [3.63, 3.8) is 0 Å². The van der Waals surface area contributed by atoms with E-state index in [4.69, 9.17) is 15.0 Å². The number of hydrogen-bond donors (Lipinski definition) is 0. The van der Waals surface area contributed by atoms with Gasteiger partial charge in [0.15, 0.2) is 11.6 Å². The second kappa shape index (κ2) is 11.4. The highest BCUT2D eigenvalue weighted by Crippen LogP contribution is 2.39. The van der Waals surface area contributed by atoms with Gasteiger partial charge in [0.25, 0.3) is 0 Å². The second-order valence-corrected chi connectivity index (χ2v) is 12.5. The van der Waals surface area contributed by atoms with Gasteiger partial charge in [-0.3, -0.25) is 4.57 Å². The first kappa shape index (κ1) is 28.2.